The number of urea groups is 1. The van der Waals surface area contributed by atoms with E-state index in [0.717, 1.165) is 5.69 Å². The van der Waals surface area contributed by atoms with Crippen LogP contribution >= 0.6 is 0 Å². The van der Waals surface area contributed by atoms with Crippen molar-refractivity contribution >= 4 is 23.5 Å². The molecule has 1 atom stereocenters. The van der Waals surface area contributed by atoms with E-state index in [-0.39, 0.29) is 6.04 Å². The molecule has 1 fully saturated rings. The maximum absolute atomic E-state index is 14.2. The Balaban J connectivity index is 1.65. The number of piperazine rings is 1. The molecular weight excluding hydrogens is 377 g/mol. The molecule has 1 aliphatic heterocycles. The molecule has 154 valence electrons. The fourth-order valence-corrected chi connectivity index (χ4v) is 3.27. The van der Waals surface area contributed by atoms with Gasteiger partial charge in [0.05, 0.1) is 11.9 Å². The summed E-state index contributed by atoms with van der Waals surface area (Å²) in [6.45, 7) is 5.73. The van der Waals surface area contributed by atoms with Crippen molar-refractivity contribution in [2.75, 3.05) is 36.8 Å². The number of carbonyl (C=O) groups excluding carboxylic acids is 1. The minimum absolute atomic E-state index is 0.119. The van der Waals surface area contributed by atoms with Gasteiger partial charge >= 0.3 is 12.1 Å². The number of nitrogens with one attached hydrogen (secondary N) is 2. The van der Waals surface area contributed by atoms with E-state index >= 15 is 0 Å². The number of benzene rings is 1. The molecule has 3 amide bonds. The molecule has 9 heteroatoms. The molecule has 0 radical (unpaired) electrons. The van der Waals surface area contributed by atoms with Gasteiger partial charge < -0.3 is 20.6 Å². The van der Waals surface area contributed by atoms with Crippen molar-refractivity contribution in [1.29, 1.82) is 0 Å². The first kappa shape index (κ1) is 20.5. The van der Waals surface area contributed by atoms with Crippen molar-refractivity contribution < 1.29 is 19.1 Å². The number of hydrogen-bond donors (Lipinski definition) is 3. The summed E-state index contributed by atoms with van der Waals surface area (Å²) in [4.78, 5) is 30.8. The highest BCUT2D eigenvalue weighted by Crippen LogP contribution is 2.25. The van der Waals surface area contributed by atoms with Gasteiger partial charge in [-0.3, -0.25) is 9.88 Å². The van der Waals surface area contributed by atoms with E-state index in [1.165, 1.54) is 17.0 Å². The van der Waals surface area contributed by atoms with Gasteiger partial charge in [-0.05, 0) is 49.7 Å². The third-order valence-corrected chi connectivity index (χ3v) is 4.96. The number of hydrogen-bond acceptors (Lipinski definition) is 4. The fraction of sp³-hybridized carbons (Fsp3) is 0.350. The minimum atomic E-state index is -0.927. The fourth-order valence-electron chi connectivity index (χ4n) is 3.27. The van der Waals surface area contributed by atoms with Gasteiger partial charge in [-0.1, -0.05) is 0 Å². The molecule has 0 bridgehead atoms. The first-order chi connectivity index (χ1) is 13.8. The van der Waals surface area contributed by atoms with E-state index in [9.17, 15) is 14.0 Å². The summed E-state index contributed by atoms with van der Waals surface area (Å²) < 4.78 is 14.2. The predicted molar refractivity (Wildman–Crippen MR) is 108 cm³/mol. The summed E-state index contributed by atoms with van der Waals surface area (Å²) >= 11 is 0. The topological polar surface area (TPSA) is 97.8 Å². The summed E-state index contributed by atoms with van der Waals surface area (Å²) in [5, 5.41) is 14.4. The first-order valence-electron chi connectivity index (χ1n) is 9.35. The number of halogens is 1. The highest BCUT2D eigenvalue weighted by Gasteiger charge is 2.25. The van der Waals surface area contributed by atoms with Crippen LogP contribution in [0.3, 0.4) is 0 Å². The van der Waals surface area contributed by atoms with E-state index < -0.39 is 17.9 Å². The van der Waals surface area contributed by atoms with Crippen molar-refractivity contribution in [3.05, 3.63) is 53.6 Å². The highest BCUT2D eigenvalue weighted by atomic mass is 19.1. The second-order valence-electron chi connectivity index (χ2n) is 7.02. The molecule has 0 saturated carbocycles. The number of aromatic nitrogens is 1. The van der Waals surface area contributed by atoms with Crippen LogP contribution in [0.2, 0.25) is 0 Å². The number of aryl methyl sites for hydroxylation is 1. The highest BCUT2D eigenvalue weighted by molar-refractivity contribution is 5.99. The van der Waals surface area contributed by atoms with Crippen LogP contribution in [-0.2, 0) is 0 Å². The minimum Gasteiger partial charge on any atom is -0.465 e. The molecule has 3 rings (SSSR count). The van der Waals surface area contributed by atoms with Gasteiger partial charge in [-0.15, -0.1) is 0 Å². The quantitative estimate of drug-likeness (QED) is 0.728. The van der Waals surface area contributed by atoms with E-state index in [0.29, 0.717) is 43.1 Å². The van der Waals surface area contributed by atoms with Gasteiger partial charge in [0.25, 0.3) is 0 Å². The van der Waals surface area contributed by atoms with Gasteiger partial charge in [-0.2, -0.15) is 0 Å². The van der Waals surface area contributed by atoms with Crippen LogP contribution in [-0.4, -0.2) is 58.2 Å². The van der Waals surface area contributed by atoms with Crippen LogP contribution in [0.1, 0.15) is 24.2 Å². The monoisotopic (exact) mass is 401 g/mol. The zero-order valence-electron chi connectivity index (χ0n) is 16.4. The van der Waals surface area contributed by atoms with Gasteiger partial charge in [0.2, 0.25) is 0 Å². The maximum atomic E-state index is 14.2. The Morgan fingerprint density at radius 3 is 2.41 bits per heavy atom. The Morgan fingerprint density at radius 1 is 1.10 bits per heavy atom. The lowest BCUT2D eigenvalue weighted by atomic mass is 10.0. The summed E-state index contributed by atoms with van der Waals surface area (Å²) in [6.07, 6.45) is 0.620. The van der Waals surface area contributed by atoms with Gasteiger partial charge in [0, 0.05) is 43.6 Å². The molecule has 2 heterocycles. The van der Waals surface area contributed by atoms with Crippen LogP contribution in [0.25, 0.3) is 0 Å². The smallest absolute Gasteiger partial charge is 0.407 e. The Morgan fingerprint density at radius 2 is 1.79 bits per heavy atom. The van der Waals surface area contributed by atoms with Crippen molar-refractivity contribution in [3.8, 4) is 0 Å². The number of amides is 3. The molecule has 1 aromatic heterocycles. The Labute approximate surface area is 168 Å². The molecule has 2 aromatic rings. The lowest BCUT2D eigenvalue weighted by Gasteiger charge is -2.37. The molecule has 0 aliphatic carbocycles. The SMILES string of the molecule is Cc1ccc(NC(=O)Nc2cc(F)cc([C@H](C)N3CCN(C(=O)O)CC3)c2)cn1. The van der Waals surface area contributed by atoms with Gasteiger partial charge in [-0.25, -0.2) is 14.0 Å². The van der Waals surface area contributed by atoms with Crippen LogP contribution < -0.4 is 10.6 Å². The van der Waals surface area contributed by atoms with Gasteiger partial charge in [0.1, 0.15) is 5.82 Å². The molecule has 1 saturated heterocycles. The number of nitrogens with zero attached hydrogens (tertiary/aromatic N) is 3. The number of pyridine rings is 1. The number of carbonyl (C=O) groups is 2. The largest absolute Gasteiger partial charge is 0.465 e. The lowest BCUT2D eigenvalue weighted by molar-refractivity contribution is 0.0888. The zero-order valence-corrected chi connectivity index (χ0v) is 16.4. The van der Waals surface area contributed by atoms with E-state index in [2.05, 4.69) is 20.5 Å². The molecule has 1 aliphatic rings. The molecule has 0 spiro atoms. The average molecular weight is 401 g/mol. The normalized spacial score (nSPS) is 15.6. The van der Waals surface area contributed by atoms with Gasteiger partial charge in [0.15, 0.2) is 0 Å². The molecule has 3 N–H and O–H groups in total. The maximum Gasteiger partial charge on any atom is 0.407 e. The standard InChI is InChI=1S/C20H24FN5O3/c1-13-3-4-17(12-22-13)23-19(27)24-18-10-15(9-16(21)11-18)14(2)25-5-7-26(8-6-25)20(28)29/h3-4,9-12,14H,5-8H2,1-2H3,(H,28,29)(H2,23,24,27)/t14-/m0/s1. The zero-order chi connectivity index (χ0) is 21.0. The summed E-state index contributed by atoms with van der Waals surface area (Å²) in [5.41, 5.74) is 2.42. The van der Waals surface area contributed by atoms with Crippen molar-refractivity contribution in [2.45, 2.75) is 19.9 Å². The number of anilines is 2. The molecular formula is C20H24FN5O3. The van der Waals surface area contributed by atoms with Crippen LogP contribution in [0.15, 0.2) is 36.5 Å². The second kappa shape index (κ2) is 8.87. The lowest BCUT2D eigenvalue weighted by Crippen LogP contribution is -2.48. The molecule has 29 heavy (non-hydrogen) atoms. The number of rotatable bonds is 4. The molecule has 8 nitrogen and oxygen atoms in total. The van der Waals surface area contributed by atoms with Crippen molar-refractivity contribution in [1.82, 2.24) is 14.8 Å². The van der Waals surface area contributed by atoms with Crippen LogP contribution in [0, 0.1) is 12.7 Å². The summed E-state index contributed by atoms with van der Waals surface area (Å²) in [7, 11) is 0. The Bertz CT molecular complexity index is 882. The average Bonchev–Trinajstić information content (AvgIpc) is 2.68. The van der Waals surface area contributed by atoms with Crippen molar-refractivity contribution in [2.24, 2.45) is 0 Å². The summed E-state index contributed by atoms with van der Waals surface area (Å²) in [6, 6.07) is 7.32. The van der Waals surface area contributed by atoms with E-state index in [4.69, 9.17) is 5.11 Å². The Kier molecular flexibility index (Phi) is 6.28. The predicted octanol–water partition coefficient (Wildman–Crippen LogP) is 3.53. The van der Waals surface area contributed by atoms with E-state index in [1.807, 2.05) is 13.8 Å². The van der Waals surface area contributed by atoms with Crippen molar-refractivity contribution in [3.63, 3.8) is 0 Å². The third-order valence-electron chi connectivity index (χ3n) is 4.96. The molecule has 0 unspecified atom stereocenters. The van der Waals surface area contributed by atoms with Crippen LogP contribution in [0.5, 0.6) is 0 Å². The van der Waals surface area contributed by atoms with E-state index in [1.54, 1.807) is 24.4 Å². The van der Waals surface area contributed by atoms with Crippen LogP contribution in [0.4, 0.5) is 25.4 Å². The second-order valence-corrected chi connectivity index (χ2v) is 7.02. The molecule has 1 aromatic carbocycles. The number of carboxylic acid groups (broad SMARTS) is 1. The summed E-state index contributed by atoms with van der Waals surface area (Å²) in [5.74, 6) is -0.453. The Hall–Kier alpha value is -3.20. The third kappa shape index (κ3) is 5.41. The first-order valence-corrected chi connectivity index (χ1v) is 9.35.